The molecule has 0 aliphatic heterocycles. The van der Waals surface area contributed by atoms with E-state index >= 15 is 0 Å². The number of alkyl halides is 2. The van der Waals surface area contributed by atoms with Crippen LogP contribution in [0, 0.1) is 0 Å². The number of thiophene rings is 1. The number of nitrogens with one attached hydrogen (secondary N) is 2. The van der Waals surface area contributed by atoms with E-state index in [0.717, 1.165) is 17.2 Å². The lowest BCUT2D eigenvalue weighted by molar-refractivity contribution is -0.147. The highest BCUT2D eigenvalue weighted by molar-refractivity contribution is 7.17. The summed E-state index contributed by atoms with van der Waals surface area (Å²) < 4.78 is 34.2. The highest BCUT2D eigenvalue weighted by atomic mass is 32.1. The number of ether oxygens (including phenoxy) is 2. The number of hydrogen-bond acceptors (Lipinski definition) is 7. The van der Waals surface area contributed by atoms with Gasteiger partial charge in [0.2, 0.25) is 0 Å². The standard InChI is InChI=1S/C24H19F2N3O5S/c1-13(33-18(30)11-27-21(31)15-8-5-9-16(10-15)34-24(25)26)20-28-22(32)19-17(12-35-23(19)29-20)14-6-3-2-4-7-14/h2-10,12-13,24H,11H2,1H3,(H,27,31)(H,28,29,32)/t13-/m0/s1. The van der Waals surface area contributed by atoms with E-state index < -0.39 is 31.1 Å². The number of halogens is 2. The highest BCUT2D eigenvalue weighted by Crippen LogP contribution is 2.31. The third-order valence-electron chi connectivity index (χ3n) is 4.96. The number of esters is 1. The number of carbonyl (C=O) groups excluding carboxylic acids is 2. The van der Waals surface area contributed by atoms with Crippen LogP contribution >= 0.6 is 11.3 Å². The first-order valence-electron chi connectivity index (χ1n) is 10.4. The molecule has 8 nitrogen and oxygen atoms in total. The minimum absolute atomic E-state index is 0.0346. The number of benzene rings is 2. The molecule has 180 valence electrons. The van der Waals surface area contributed by atoms with Crippen LogP contribution in [-0.2, 0) is 9.53 Å². The van der Waals surface area contributed by atoms with Crippen LogP contribution in [0.25, 0.3) is 21.3 Å². The lowest BCUT2D eigenvalue weighted by Crippen LogP contribution is -2.31. The van der Waals surface area contributed by atoms with Crippen molar-refractivity contribution >= 4 is 33.4 Å². The molecular formula is C24H19F2N3O5S. The van der Waals surface area contributed by atoms with Gasteiger partial charge in [0.25, 0.3) is 11.5 Å². The van der Waals surface area contributed by atoms with Gasteiger partial charge >= 0.3 is 12.6 Å². The van der Waals surface area contributed by atoms with Crippen LogP contribution in [0.2, 0.25) is 0 Å². The van der Waals surface area contributed by atoms with Crippen LogP contribution in [0.1, 0.15) is 29.2 Å². The van der Waals surface area contributed by atoms with Crippen molar-refractivity contribution < 1.29 is 27.8 Å². The molecule has 0 saturated heterocycles. The fourth-order valence-electron chi connectivity index (χ4n) is 3.35. The predicted molar refractivity (Wildman–Crippen MR) is 126 cm³/mol. The molecule has 0 aliphatic carbocycles. The van der Waals surface area contributed by atoms with Crippen LogP contribution < -0.4 is 15.6 Å². The average molecular weight is 499 g/mol. The van der Waals surface area contributed by atoms with Crippen molar-refractivity contribution in [1.82, 2.24) is 15.3 Å². The van der Waals surface area contributed by atoms with E-state index in [0.29, 0.717) is 10.2 Å². The maximum Gasteiger partial charge on any atom is 0.387 e. The van der Waals surface area contributed by atoms with Gasteiger partial charge in [-0.2, -0.15) is 8.78 Å². The van der Waals surface area contributed by atoms with Crippen molar-refractivity contribution in [3.63, 3.8) is 0 Å². The quantitative estimate of drug-likeness (QED) is 0.350. The average Bonchev–Trinajstić information content (AvgIpc) is 3.27. The zero-order valence-electron chi connectivity index (χ0n) is 18.3. The number of rotatable bonds is 8. The maximum atomic E-state index is 12.8. The second-order valence-electron chi connectivity index (χ2n) is 7.37. The third kappa shape index (κ3) is 5.69. The first-order chi connectivity index (χ1) is 16.8. The Labute approximate surface area is 201 Å². The molecule has 0 aliphatic rings. The Hall–Kier alpha value is -4.12. The molecule has 35 heavy (non-hydrogen) atoms. The minimum Gasteiger partial charge on any atom is -0.453 e. The summed E-state index contributed by atoms with van der Waals surface area (Å²) in [5.74, 6) is -1.46. The van der Waals surface area contributed by atoms with Gasteiger partial charge in [-0.15, -0.1) is 11.3 Å². The normalized spacial score (nSPS) is 11.9. The lowest BCUT2D eigenvalue weighted by atomic mass is 10.1. The van der Waals surface area contributed by atoms with Crippen molar-refractivity contribution in [2.24, 2.45) is 0 Å². The molecule has 0 unspecified atom stereocenters. The van der Waals surface area contributed by atoms with Crippen molar-refractivity contribution in [3.05, 3.63) is 81.7 Å². The van der Waals surface area contributed by atoms with Gasteiger partial charge in [0.1, 0.15) is 17.1 Å². The number of H-pyrrole nitrogens is 1. The largest absolute Gasteiger partial charge is 0.453 e. The van der Waals surface area contributed by atoms with Gasteiger partial charge in [0.05, 0.1) is 5.39 Å². The van der Waals surface area contributed by atoms with Crippen molar-refractivity contribution in [1.29, 1.82) is 0 Å². The van der Waals surface area contributed by atoms with Gasteiger partial charge in [-0.25, -0.2) is 4.98 Å². The molecule has 1 amide bonds. The first kappa shape index (κ1) is 24.0. The minimum atomic E-state index is -3.02. The predicted octanol–water partition coefficient (Wildman–Crippen LogP) is 4.29. The summed E-state index contributed by atoms with van der Waals surface area (Å²) in [6, 6.07) is 14.6. The number of nitrogens with zero attached hydrogens (tertiary/aromatic N) is 1. The summed E-state index contributed by atoms with van der Waals surface area (Å²) in [5.41, 5.74) is 1.33. The highest BCUT2D eigenvalue weighted by Gasteiger charge is 2.19. The monoisotopic (exact) mass is 499 g/mol. The van der Waals surface area contributed by atoms with E-state index in [1.165, 1.54) is 29.5 Å². The van der Waals surface area contributed by atoms with E-state index in [4.69, 9.17) is 4.74 Å². The van der Waals surface area contributed by atoms with Gasteiger partial charge in [-0.3, -0.25) is 14.4 Å². The number of fused-ring (bicyclic) bond motifs is 1. The van der Waals surface area contributed by atoms with Crippen LogP contribution in [0.3, 0.4) is 0 Å². The SMILES string of the molecule is C[C@H](OC(=O)CNC(=O)c1cccc(OC(F)F)c1)c1nc2scc(-c3ccccc3)c2c(=O)[nH]1. The van der Waals surface area contributed by atoms with Crippen molar-refractivity contribution in [3.8, 4) is 16.9 Å². The summed E-state index contributed by atoms with van der Waals surface area (Å²) in [6.45, 7) is -1.96. The smallest absolute Gasteiger partial charge is 0.387 e. The van der Waals surface area contributed by atoms with Crippen molar-refractivity contribution in [2.75, 3.05) is 6.54 Å². The lowest BCUT2D eigenvalue weighted by Gasteiger charge is -2.13. The molecule has 0 bridgehead atoms. The molecule has 0 spiro atoms. The van der Waals surface area contributed by atoms with Crippen LogP contribution in [0.5, 0.6) is 5.75 Å². The number of amides is 1. The molecule has 2 aromatic heterocycles. The Bertz CT molecular complexity index is 1420. The molecule has 0 radical (unpaired) electrons. The van der Waals surface area contributed by atoms with Gasteiger partial charge < -0.3 is 19.8 Å². The van der Waals surface area contributed by atoms with Gasteiger partial charge in [-0.05, 0) is 30.7 Å². The summed E-state index contributed by atoms with van der Waals surface area (Å²) in [4.78, 5) is 44.8. The van der Waals surface area contributed by atoms with Gasteiger partial charge in [0.15, 0.2) is 11.9 Å². The van der Waals surface area contributed by atoms with Crippen LogP contribution in [0.4, 0.5) is 8.78 Å². The topological polar surface area (TPSA) is 110 Å². The second kappa shape index (κ2) is 10.4. The summed E-state index contributed by atoms with van der Waals surface area (Å²) in [7, 11) is 0. The van der Waals surface area contributed by atoms with Crippen LogP contribution in [-0.4, -0.2) is 35.0 Å². The Morgan fingerprint density at radius 2 is 1.91 bits per heavy atom. The molecular weight excluding hydrogens is 480 g/mol. The fourth-order valence-corrected chi connectivity index (χ4v) is 4.31. The van der Waals surface area contributed by atoms with Gasteiger partial charge in [-0.1, -0.05) is 36.4 Å². The Kier molecular flexibility index (Phi) is 7.16. The molecule has 0 saturated carbocycles. The fraction of sp³-hybridized carbons (Fsp3) is 0.167. The summed E-state index contributed by atoms with van der Waals surface area (Å²) in [6.07, 6.45) is -0.887. The van der Waals surface area contributed by atoms with Crippen molar-refractivity contribution in [2.45, 2.75) is 19.6 Å². The number of aromatic amines is 1. The van der Waals surface area contributed by atoms with Crippen LogP contribution in [0.15, 0.2) is 64.8 Å². The molecule has 4 aromatic rings. The Balaban J connectivity index is 1.40. The van der Waals surface area contributed by atoms with E-state index in [1.54, 1.807) is 6.92 Å². The molecule has 11 heteroatoms. The second-order valence-corrected chi connectivity index (χ2v) is 8.23. The van der Waals surface area contributed by atoms with E-state index in [9.17, 15) is 23.2 Å². The molecule has 4 rings (SSSR count). The molecule has 2 aromatic carbocycles. The zero-order valence-corrected chi connectivity index (χ0v) is 19.1. The summed E-state index contributed by atoms with van der Waals surface area (Å²) in [5, 5.41) is 4.65. The maximum absolute atomic E-state index is 12.8. The molecule has 0 fully saturated rings. The van der Waals surface area contributed by atoms with E-state index in [2.05, 4.69) is 20.0 Å². The zero-order chi connectivity index (χ0) is 24.9. The molecule has 1 atom stereocenters. The molecule has 2 N–H and O–H groups in total. The number of hydrogen-bond donors (Lipinski definition) is 2. The van der Waals surface area contributed by atoms with Gasteiger partial charge in [0, 0.05) is 16.5 Å². The first-order valence-corrected chi connectivity index (χ1v) is 11.3. The third-order valence-corrected chi connectivity index (χ3v) is 5.83. The number of aromatic nitrogens is 2. The Morgan fingerprint density at radius 3 is 2.66 bits per heavy atom. The molecule has 2 heterocycles. The number of carbonyl (C=O) groups is 2. The summed E-state index contributed by atoms with van der Waals surface area (Å²) >= 11 is 1.30. The van der Waals surface area contributed by atoms with E-state index in [-0.39, 0.29) is 22.7 Å². The van der Waals surface area contributed by atoms with E-state index in [1.807, 2.05) is 35.7 Å². The Morgan fingerprint density at radius 1 is 1.14 bits per heavy atom.